The first-order chi connectivity index (χ1) is 9.67. The van der Waals surface area contributed by atoms with E-state index in [1.54, 1.807) is 0 Å². The van der Waals surface area contributed by atoms with Crippen LogP contribution in [-0.4, -0.2) is 25.5 Å². The second-order valence-corrected chi connectivity index (χ2v) is 5.69. The second-order valence-electron chi connectivity index (χ2n) is 5.69. The van der Waals surface area contributed by atoms with Gasteiger partial charge in [0, 0.05) is 5.69 Å². The average molecular weight is 272 g/mol. The molecule has 1 aliphatic heterocycles. The molecule has 1 aromatic rings. The normalized spacial score (nSPS) is 22.0. The Morgan fingerprint density at radius 3 is 2.60 bits per heavy atom. The summed E-state index contributed by atoms with van der Waals surface area (Å²) in [7, 11) is 0. The molecule has 0 radical (unpaired) electrons. The molecule has 1 heterocycles. The highest BCUT2D eigenvalue weighted by Gasteiger charge is 2.21. The maximum absolute atomic E-state index is 12.0. The van der Waals surface area contributed by atoms with Crippen LogP contribution < -0.4 is 10.2 Å². The molecule has 1 aromatic carbocycles. The third-order valence-corrected chi connectivity index (χ3v) is 3.91. The number of quaternary nitrogens is 1. The lowest BCUT2D eigenvalue weighted by atomic mass is 9.99. The molecule has 0 bridgehead atoms. The predicted molar refractivity (Wildman–Crippen MR) is 78.4 cm³/mol. The van der Waals surface area contributed by atoms with E-state index in [4.69, 9.17) is 5.26 Å². The third-order valence-electron chi connectivity index (χ3n) is 3.91. The van der Waals surface area contributed by atoms with Gasteiger partial charge in [0.2, 0.25) is 0 Å². The van der Waals surface area contributed by atoms with Gasteiger partial charge < -0.3 is 10.2 Å². The van der Waals surface area contributed by atoms with E-state index in [0.717, 1.165) is 30.3 Å². The van der Waals surface area contributed by atoms with Gasteiger partial charge >= 0.3 is 0 Å². The molecule has 2 rings (SSSR count). The number of hydrogen-bond donors (Lipinski definition) is 2. The molecule has 0 spiro atoms. The van der Waals surface area contributed by atoms with E-state index in [2.05, 4.69) is 18.3 Å². The van der Waals surface area contributed by atoms with Crippen LogP contribution in [0.2, 0.25) is 0 Å². The molecular weight excluding hydrogens is 250 g/mol. The molecule has 20 heavy (non-hydrogen) atoms. The molecule has 4 nitrogen and oxygen atoms in total. The van der Waals surface area contributed by atoms with Crippen LogP contribution in [0.3, 0.4) is 0 Å². The summed E-state index contributed by atoms with van der Waals surface area (Å²) in [5.74, 6) is 0.872. The second kappa shape index (κ2) is 7.06. The van der Waals surface area contributed by atoms with Crippen LogP contribution in [0, 0.1) is 17.2 Å². The fraction of sp³-hybridized carbons (Fsp3) is 0.500. The number of carbonyl (C=O) groups is 1. The fourth-order valence-corrected chi connectivity index (χ4v) is 2.58. The van der Waals surface area contributed by atoms with Crippen molar-refractivity contribution in [1.29, 1.82) is 5.26 Å². The molecule has 0 aromatic heterocycles. The van der Waals surface area contributed by atoms with Crippen molar-refractivity contribution < 1.29 is 9.69 Å². The number of rotatable bonds is 4. The van der Waals surface area contributed by atoms with Crippen LogP contribution in [0.25, 0.3) is 0 Å². The minimum Gasteiger partial charge on any atom is -0.327 e. The number of piperidine rings is 1. The van der Waals surface area contributed by atoms with Crippen molar-refractivity contribution in [2.75, 3.05) is 25.0 Å². The van der Waals surface area contributed by atoms with Gasteiger partial charge in [-0.3, -0.25) is 4.79 Å². The number of amides is 1. The fourth-order valence-electron chi connectivity index (χ4n) is 2.58. The Bertz CT molecular complexity index is 481. The lowest BCUT2D eigenvalue weighted by Crippen LogP contribution is -3.14. The van der Waals surface area contributed by atoms with Crippen molar-refractivity contribution in [2.24, 2.45) is 5.92 Å². The number of likely N-dealkylation sites (tertiary alicyclic amines) is 1. The number of benzene rings is 1. The summed E-state index contributed by atoms with van der Waals surface area (Å²) in [6.45, 7) is 5.01. The molecule has 4 heteroatoms. The van der Waals surface area contributed by atoms with Crippen LogP contribution in [0.1, 0.15) is 25.3 Å². The number of carbonyl (C=O) groups excluding carboxylic acids is 1. The van der Waals surface area contributed by atoms with Crippen LogP contribution in [0.15, 0.2) is 24.3 Å². The number of hydrogen-bond acceptors (Lipinski definition) is 2. The molecule has 0 saturated carbocycles. The summed E-state index contributed by atoms with van der Waals surface area (Å²) in [5.41, 5.74) is 1.78. The van der Waals surface area contributed by atoms with Crippen molar-refractivity contribution in [3.8, 4) is 6.07 Å². The first-order valence-electron chi connectivity index (χ1n) is 7.26. The van der Waals surface area contributed by atoms with Crippen molar-refractivity contribution in [2.45, 2.75) is 26.2 Å². The van der Waals surface area contributed by atoms with Crippen LogP contribution in [0.4, 0.5) is 5.69 Å². The smallest absolute Gasteiger partial charge is 0.279 e. The Morgan fingerprint density at radius 2 is 2.00 bits per heavy atom. The van der Waals surface area contributed by atoms with Crippen LogP contribution in [0.5, 0.6) is 0 Å². The zero-order valence-electron chi connectivity index (χ0n) is 12.0. The van der Waals surface area contributed by atoms with E-state index >= 15 is 0 Å². The molecule has 1 fully saturated rings. The van der Waals surface area contributed by atoms with Crippen LogP contribution in [-0.2, 0) is 11.2 Å². The van der Waals surface area contributed by atoms with E-state index in [0.29, 0.717) is 13.0 Å². The Morgan fingerprint density at radius 1 is 1.35 bits per heavy atom. The summed E-state index contributed by atoms with van der Waals surface area (Å²) in [5, 5.41) is 11.5. The minimum atomic E-state index is 0.0718. The Hall–Kier alpha value is -1.86. The average Bonchev–Trinajstić information content (AvgIpc) is 2.44. The van der Waals surface area contributed by atoms with Gasteiger partial charge in [-0.2, -0.15) is 5.26 Å². The molecule has 0 atom stereocenters. The molecule has 1 aliphatic rings. The van der Waals surface area contributed by atoms with Gasteiger partial charge in [-0.05, 0) is 36.5 Å². The molecule has 1 amide bonds. The Kier molecular flexibility index (Phi) is 5.14. The first-order valence-corrected chi connectivity index (χ1v) is 7.26. The van der Waals surface area contributed by atoms with Gasteiger partial charge in [0.15, 0.2) is 6.54 Å². The standard InChI is InChI=1S/C16H21N3O/c1-13-7-10-19(11-8-13)12-16(20)18-15-4-2-14(3-5-15)6-9-17/h2-5,13H,6-8,10-12H2,1H3,(H,18,20)/p+1. The molecule has 106 valence electrons. The van der Waals surface area contributed by atoms with Crippen molar-refractivity contribution >= 4 is 11.6 Å². The van der Waals surface area contributed by atoms with E-state index in [1.807, 2.05) is 24.3 Å². The molecule has 0 unspecified atom stereocenters. The summed E-state index contributed by atoms with van der Waals surface area (Å²) in [6, 6.07) is 9.60. The number of nitrogens with zero attached hydrogens (tertiary/aromatic N) is 1. The van der Waals surface area contributed by atoms with Gasteiger partial charge in [-0.25, -0.2) is 0 Å². The van der Waals surface area contributed by atoms with E-state index in [1.165, 1.54) is 17.7 Å². The Balaban J connectivity index is 1.80. The number of nitrogens with one attached hydrogen (secondary N) is 2. The zero-order valence-corrected chi connectivity index (χ0v) is 12.0. The molecule has 1 saturated heterocycles. The largest absolute Gasteiger partial charge is 0.327 e. The maximum atomic E-state index is 12.0. The zero-order chi connectivity index (χ0) is 14.4. The summed E-state index contributed by atoms with van der Waals surface area (Å²) in [4.78, 5) is 13.4. The Labute approximate surface area is 120 Å². The van der Waals surface area contributed by atoms with Crippen molar-refractivity contribution in [1.82, 2.24) is 0 Å². The molecular formula is C16H22N3O+. The van der Waals surface area contributed by atoms with Crippen molar-refractivity contribution in [3.05, 3.63) is 29.8 Å². The summed E-state index contributed by atoms with van der Waals surface area (Å²) < 4.78 is 0. The summed E-state index contributed by atoms with van der Waals surface area (Å²) >= 11 is 0. The monoisotopic (exact) mass is 272 g/mol. The lowest BCUT2D eigenvalue weighted by molar-refractivity contribution is -0.897. The van der Waals surface area contributed by atoms with Gasteiger partial charge in [0.1, 0.15) is 0 Å². The van der Waals surface area contributed by atoms with Gasteiger partial charge in [-0.1, -0.05) is 19.1 Å². The minimum absolute atomic E-state index is 0.0718. The highest BCUT2D eigenvalue weighted by molar-refractivity contribution is 5.91. The maximum Gasteiger partial charge on any atom is 0.279 e. The van der Waals surface area contributed by atoms with Gasteiger partial charge in [0.25, 0.3) is 5.91 Å². The highest BCUT2D eigenvalue weighted by atomic mass is 16.2. The van der Waals surface area contributed by atoms with Crippen molar-refractivity contribution in [3.63, 3.8) is 0 Å². The third kappa shape index (κ3) is 4.36. The van der Waals surface area contributed by atoms with E-state index in [9.17, 15) is 4.79 Å². The predicted octanol–water partition coefficient (Wildman–Crippen LogP) is 1.01. The number of anilines is 1. The summed E-state index contributed by atoms with van der Waals surface area (Å²) in [6.07, 6.45) is 2.83. The van der Waals surface area contributed by atoms with Gasteiger partial charge in [-0.15, -0.1) is 0 Å². The highest BCUT2D eigenvalue weighted by Crippen LogP contribution is 2.10. The molecule has 2 N–H and O–H groups in total. The topological polar surface area (TPSA) is 57.3 Å². The lowest BCUT2D eigenvalue weighted by Gasteiger charge is -2.26. The van der Waals surface area contributed by atoms with Gasteiger partial charge in [0.05, 0.1) is 25.6 Å². The van der Waals surface area contributed by atoms with Crippen LogP contribution >= 0.6 is 0 Å². The number of nitriles is 1. The SMILES string of the molecule is CC1CC[NH+](CC(=O)Nc2ccc(CC#N)cc2)CC1. The molecule has 0 aliphatic carbocycles. The van der Waals surface area contributed by atoms with E-state index in [-0.39, 0.29) is 5.91 Å². The quantitative estimate of drug-likeness (QED) is 0.859. The first kappa shape index (κ1) is 14.5. The van der Waals surface area contributed by atoms with E-state index < -0.39 is 0 Å².